The molecule has 0 aromatic carbocycles. The predicted octanol–water partition coefficient (Wildman–Crippen LogP) is 4.91. The first-order valence-electron chi connectivity index (χ1n) is 12.0. The number of imidazole rings is 1. The summed E-state index contributed by atoms with van der Waals surface area (Å²) in [5.74, 6) is -1.65. The standard InChI is InChI=1S/C26H26F3N5O2S/c1-16-3-5-18(14-34(16)36)12-31-25(35)19-11-21(32-9-7-20(8-10-32)26(27,28)29)24-30-13-22(33(24)15-19)23-6-4-17(2)37-23/h3-6,11,13-15,20H,7-10,12H2,1-2H3,(H-,31,35,36)/p+1. The summed E-state index contributed by atoms with van der Waals surface area (Å²) >= 11 is 1.60. The van der Waals surface area contributed by atoms with Gasteiger partial charge in [-0.3, -0.25) is 14.4 Å². The zero-order valence-electron chi connectivity index (χ0n) is 20.4. The van der Waals surface area contributed by atoms with E-state index in [0.717, 1.165) is 20.2 Å². The van der Waals surface area contributed by atoms with Crippen LogP contribution in [0.15, 0.2) is 48.9 Å². The van der Waals surface area contributed by atoms with Crippen LogP contribution >= 0.6 is 11.3 Å². The first-order chi connectivity index (χ1) is 17.6. The number of anilines is 1. The topological polar surface area (TPSA) is 73.8 Å². The molecule has 0 bridgehead atoms. The van der Waals surface area contributed by atoms with Gasteiger partial charge in [0.25, 0.3) is 5.91 Å². The van der Waals surface area contributed by atoms with Crippen molar-refractivity contribution in [2.45, 2.75) is 39.4 Å². The minimum absolute atomic E-state index is 0.00163. The quantitative estimate of drug-likeness (QED) is 0.284. The maximum atomic E-state index is 13.3. The van der Waals surface area contributed by atoms with E-state index in [1.54, 1.807) is 42.8 Å². The molecule has 194 valence electrons. The average molecular weight is 531 g/mol. The SMILES string of the molecule is Cc1ccc(-c2cnc3c(N4CCC(C(F)(F)F)CC4)cc(C(=O)NCc4ccc(C)[n+](O)c4)cn23)s1. The van der Waals surface area contributed by atoms with Crippen LogP contribution in [0.2, 0.25) is 0 Å². The van der Waals surface area contributed by atoms with E-state index in [2.05, 4.69) is 10.3 Å². The molecule has 0 saturated carbocycles. The number of alkyl halides is 3. The molecule has 0 spiro atoms. The van der Waals surface area contributed by atoms with Crippen molar-refractivity contribution < 1.29 is 27.9 Å². The van der Waals surface area contributed by atoms with Gasteiger partial charge in [-0.25, -0.2) is 4.98 Å². The fraction of sp³-hybridized carbons (Fsp3) is 0.346. The molecule has 1 aliphatic rings. The Bertz CT molecular complexity index is 1450. The number of fused-ring (bicyclic) bond motifs is 1. The van der Waals surface area contributed by atoms with Crippen LogP contribution in [0.1, 0.15) is 39.3 Å². The number of hydrogen-bond donors (Lipinski definition) is 2. The zero-order valence-corrected chi connectivity index (χ0v) is 21.2. The molecule has 11 heteroatoms. The lowest BCUT2D eigenvalue weighted by molar-refractivity contribution is -0.909. The van der Waals surface area contributed by atoms with Crippen LogP contribution in [-0.4, -0.2) is 39.8 Å². The van der Waals surface area contributed by atoms with E-state index >= 15 is 0 Å². The van der Waals surface area contributed by atoms with Crippen molar-refractivity contribution in [1.29, 1.82) is 0 Å². The molecule has 1 aliphatic heterocycles. The summed E-state index contributed by atoms with van der Waals surface area (Å²) in [5, 5.41) is 12.8. The Balaban J connectivity index is 1.48. The highest BCUT2D eigenvalue weighted by Gasteiger charge is 2.41. The number of aromatic nitrogens is 3. The van der Waals surface area contributed by atoms with Crippen LogP contribution in [0.25, 0.3) is 16.2 Å². The second-order valence-corrected chi connectivity index (χ2v) is 10.7. The van der Waals surface area contributed by atoms with Crippen LogP contribution < -0.4 is 14.9 Å². The van der Waals surface area contributed by atoms with Crippen LogP contribution in [-0.2, 0) is 6.54 Å². The molecule has 5 rings (SSSR count). The van der Waals surface area contributed by atoms with Gasteiger partial charge in [0.05, 0.1) is 33.9 Å². The Morgan fingerprint density at radius 2 is 1.97 bits per heavy atom. The fourth-order valence-electron chi connectivity index (χ4n) is 4.62. The number of rotatable bonds is 5. The molecule has 0 radical (unpaired) electrons. The smallest absolute Gasteiger partial charge is 0.368 e. The molecular formula is C26H27F3N5O2S+. The summed E-state index contributed by atoms with van der Waals surface area (Å²) in [5.41, 5.74) is 3.80. The van der Waals surface area contributed by atoms with Gasteiger partial charge in [0.2, 0.25) is 11.9 Å². The minimum Gasteiger partial charge on any atom is -0.368 e. The molecule has 0 atom stereocenters. The van der Waals surface area contributed by atoms with Crippen molar-refractivity contribution >= 4 is 28.6 Å². The summed E-state index contributed by atoms with van der Waals surface area (Å²) in [7, 11) is 0. The number of nitrogens with zero attached hydrogens (tertiary/aromatic N) is 4. The van der Waals surface area contributed by atoms with E-state index in [-0.39, 0.29) is 38.4 Å². The van der Waals surface area contributed by atoms with Gasteiger partial charge in [-0.15, -0.1) is 11.3 Å². The van der Waals surface area contributed by atoms with Crippen molar-refractivity contribution in [1.82, 2.24) is 14.7 Å². The van der Waals surface area contributed by atoms with Crippen molar-refractivity contribution in [2.24, 2.45) is 5.92 Å². The van der Waals surface area contributed by atoms with Crippen molar-refractivity contribution in [3.05, 3.63) is 70.6 Å². The number of nitrogens with one attached hydrogen (secondary N) is 1. The lowest BCUT2D eigenvalue weighted by atomic mass is 9.96. The van der Waals surface area contributed by atoms with E-state index in [1.807, 2.05) is 34.4 Å². The molecule has 7 nitrogen and oxygen atoms in total. The van der Waals surface area contributed by atoms with Gasteiger partial charge < -0.3 is 10.2 Å². The Hall–Kier alpha value is -3.60. The van der Waals surface area contributed by atoms with E-state index in [1.165, 1.54) is 6.20 Å². The number of carbonyl (C=O) groups is 1. The Morgan fingerprint density at radius 1 is 1.22 bits per heavy atom. The van der Waals surface area contributed by atoms with Crippen LogP contribution in [0.4, 0.5) is 18.9 Å². The highest BCUT2D eigenvalue weighted by atomic mass is 32.1. The molecule has 2 N–H and O–H groups in total. The van der Waals surface area contributed by atoms with Crippen LogP contribution in [0, 0.1) is 19.8 Å². The molecule has 4 aromatic rings. The van der Waals surface area contributed by atoms with Gasteiger partial charge >= 0.3 is 6.18 Å². The number of hydrogen-bond acceptors (Lipinski definition) is 5. The number of thiophene rings is 1. The third-order valence-electron chi connectivity index (χ3n) is 6.78. The summed E-state index contributed by atoms with van der Waals surface area (Å²) in [6.07, 6.45) is 0.776. The summed E-state index contributed by atoms with van der Waals surface area (Å²) in [6.45, 7) is 4.42. The molecule has 4 aromatic heterocycles. The highest BCUT2D eigenvalue weighted by molar-refractivity contribution is 7.15. The largest absolute Gasteiger partial charge is 0.391 e. The van der Waals surface area contributed by atoms with Crippen LogP contribution in [0.3, 0.4) is 0 Å². The summed E-state index contributed by atoms with van der Waals surface area (Å²) in [4.78, 5) is 21.8. The predicted molar refractivity (Wildman–Crippen MR) is 134 cm³/mol. The number of carbonyl (C=O) groups excluding carboxylic acids is 1. The fourth-order valence-corrected chi connectivity index (χ4v) is 5.50. The molecular weight excluding hydrogens is 503 g/mol. The molecule has 1 saturated heterocycles. The van der Waals surface area contributed by atoms with Gasteiger partial charge in [0, 0.05) is 54.0 Å². The number of piperidine rings is 1. The summed E-state index contributed by atoms with van der Waals surface area (Å²) in [6, 6.07) is 9.27. The second kappa shape index (κ2) is 9.70. The Morgan fingerprint density at radius 3 is 2.62 bits per heavy atom. The highest BCUT2D eigenvalue weighted by Crippen LogP contribution is 2.37. The molecule has 5 heterocycles. The molecule has 1 amide bonds. The third-order valence-corrected chi connectivity index (χ3v) is 7.80. The number of halogens is 3. The lowest BCUT2D eigenvalue weighted by Gasteiger charge is -2.34. The molecule has 0 unspecified atom stereocenters. The average Bonchev–Trinajstić information content (AvgIpc) is 3.49. The van der Waals surface area contributed by atoms with Crippen molar-refractivity contribution in [3.8, 4) is 10.6 Å². The molecule has 0 aliphatic carbocycles. The second-order valence-electron chi connectivity index (χ2n) is 9.37. The van der Waals surface area contributed by atoms with Gasteiger partial charge in [-0.1, -0.05) is 0 Å². The number of pyridine rings is 2. The van der Waals surface area contributed by atoms with Gasteiger partial charge in [-0.05, 0) is 44.0 Å². The maximum absolute atomic E-state index is 13.3. The monoisotopic (exact) mass is 530 g/mol. The van der Waals surface area contributed by atoms with E-state index in [9.17, 15) is 23.2 Å². The van der Waals surface area contributed by atoms with Gasteiger partial charge in [0.1, 0.15) is 0 Å². The van der Waals surface area contributed by atoms with Crippen molar-refractivity contribution in [2.75, 3.05) is 18.0 Å². The van der Waals surface area contributed by atoms with Gasteiger partial charge in [0.15, 0.2) is 5.65 Å². The van der Waals surface area contributed by atoms with Gasteiger partial charge in [-0.2, -0.15) is 13.2 Å². The summed E-state index contributed by atoms with van der Waals surface area (Å²) < 4.78 is 42.6. The molecule has 1 fully saturated rings. The third kappa shape index (κ3) is 5.13. The van der Waals surface area contributed by atoms with Crippen LogP contribution in [0.5, 0.6) is 0 Å². The first-order valence-corrected chi connectivity index (χ1v) is 12.8. The number of amides is 1. The lowest BCUT2D eigenvalue weighted by Crippen LogP contribution is -2.39. The zero-order chi connectivity index (χ0) is 26.3. The normalized spacial score (nSPS) is 14.9. The Labute approximate surface area is 215 Å². The minimum atomic E-state index is -4.21. The van der Waals surface area contributed by atoms with Crippen molar-refractivity contribution in [3.63, 3.8) is 0 Å². The molecule has 37 heavy (non-hydrogen) atoms. The van der Waals surface area contributed by atoms with E-state index in [0.29, 0.717) is 28.2 Å². The van der Waals surface area contributed by atoms with E-state index < -0.39 is 12.1 Å². The first kappa shape index (κ1) is 25.1. The maximum Gasteiger partial charge on any atom is 0.391 e. The van der Waals surface area contributed by atoms with E-state index in [4.69, 9.17) is 0 Å². The Kier molecular flexibility index (Phi) is 6.57. The number of aryl methyl sites for hydroxylation is 2.